The Balaban J connectivity index is 1.98. The van der Waals surface area contributed by atoms with E-state index in [1.165, 1.54) is 0 Å². The highest BCUT2D eigenvalue weighted by atomic mass is 32.1. The van der Waals surface area contributed by atoms with Crippen molar-refractivity contribution >= 4 is 28.9 Å². The first-order chi connectivity index (χ1) is 9.54. The van der Waals surface area contributed by atoms with Crippen LogP contribution in [0.3, 0.4) is 0 Å². The lowest BCUT2D eigenvalue weighted by Gasteiger charge is -2.02. The zero-order valence-electron chi connectivity index (χ0n) is 10.8. The van der Waals surface area contributed by atoms with E-state index in [9.17, 15) is 9.59 Å². The summed E-state index contributed by atoms with van der Waals surface area (Å²) in [5, 5.41) is 19.7. The van der Waals surface area contributed by atoms with Crippen LogP contribution in [0, 0.1) is 6.92 Å². The van der Waals surface area contributed by atoms with Crippen molar-refractivity contribution in [3.05, 3.63) is 39.8 Å². The average molecular weight is 291 g/mol. The fourth-order valence-electron chi connectivity index (χ4n) is 1.48. The highest BCUT2D eigenvalue weighted by Crippen LogP contribution is 2.15. The van der Waals surface area contributed by atoms with E-state index in [0.717, 1.165) is 16.9 Å². The molecule has 104 valence electrons. The minimum Gasteiger partial charge on any atom is -0.481 e. The lowest BCUT2D eigenvalue weighted by molar-refractivity contribution is -0.136. The third-order valence-corrected chi connectivity index (χ3v) is 3.51. The highest BCUT2D eigenvalue weighted by molar-refractivity contribution is 7.13. The fraction of sp³-hybridized carbons (Fsp3) is 0.231. The fourth-order valence-corrected chi connectivity index (χ4v) is 2.22. The van der Waals surface area contributed by atoms with Gasteiger partial charge in [0.15, 0.2) is 0 Å². The van der Waals surface area contributed by atoms with E-state index in [2.05, 4.69) is 15.5 Å². The quantitative estimate of drug-likeness (QED) is 0.880. The van der Waals surface area contributed by atoms with Crippen LogP contribution in [0.25, 0.3) is 0 Å². The van der Waals surface area contributed by atoms with E-state index in [0.29, 0.717) is 10.7 Å². The molecule has 1 heterocycles. The van der Waals surface area contributed by atoms with Gasteiger partial charge in [-0.3, -0.25) is 9.59 Å². The number of nitrogens with zero attached hydrogens (tertiary/aromatic N) is 2. The number of anilines is 1. The third-order valence-electron chi connectivity index (χ3n) is 2.52. The van der Waals surface area contributed by atoms with Gasteiger partial charge in [0.25, 0.3) is 5.91 Å². The second-order valence-electron chi connectivity index (χ2n) is 4.21. The number of carbonyl (C=O) groups excluding carboxylic acids is 1. The van der Waals surface area contributed by atoms with E-state index in [1.807, 2.05) is 19.1 Å². The predicted octanol–water partition coefficient (Wildman–Crippen LogP) is 2.12. The second-order valence-corrected chi connectivity index (χ2v) is 5.28. The van der Waals surface area contributed by atoms with Crippen LogP contribution < -0.4 is 5.32 Å². The molecule has 20 heavy (non-hydrogen) atoms. The van der Waals surface area contributed by atoms with Crippen LogP contribution in [0.5, 0.6) is 0 Å². The first-order valence-electron chi connectivity index (χ1n) is 5.97. The van der Waals surface area contributed by atoms with Gasteiger partial charge in [0, 0.05) is 12.1 Å². The molecule has 0 atom stereocenters. The van der Waals surface area contributed by atoms with Gasteiger partial charge in [0.2, 0.25) is 5.01 Å². The van der Waals surface area contributed by atoms with E-state index in [1.54, 1.807) is 12.1 Å². The Bertz CT molecular complexity index is 622. The predicted molar refractivity (Wildman–Crippen MR) is 75.0 cm³/mol. The Morgan fingerprint density at radius 3 is 2.60 bits per heavy atom. The van der Waals surface area contributed by atoms with Crippen molar-refractivity contribution in [3.8, 4) is 0 Å². The van der Waals surface area contributed by atoms with Gasteiger partial charge in [-0.05, 0) is 19.1 Å². The number of aryl methyl sites for hydroxylation is 2. The molecule has 2 N–H and O–H groups in total. The number of carbonyl (C=O) groups is 2. The number of amides is 1. The van der Waals surface area contributed by atoms with E-state index in [-0.39, 0.29) is 23.8 Å². The Morgan fingerprint density at radius 1 is 1.25 bits per heavy atom. The molecule has 0 aliphatic carbocycles. The van der Waals surface area contributed by atoms with Gasteiger partial charge >= 0.3 is 5.97 Å². The van der Waals surface area contributed by atoms with E-state index >= 15 is 0 Å². The standard InChI is InChI=1S/C13H13N3O3S/c1-8-2-4-9(5-3-8)14-12(19)13-16-15-10(20-13)6-7-11(17)18/h2-5H,6-7H2,1H3,(H,14,19)(H,17,18). The molecule has 0 aliphatic heterocycles. The van der Waals surface area contributed by atoms with Crippen LogP contribution in [0.4, 0.5) is 5.69 Å². The molecule has 1 aromatic carbocycles. The first-order valence-corrected chi connectivity index (χ1v) is 6.78. The third kappa shape index (κ3) is 3.86. The van der Waals surface area contributed by atoms with Crippen molar-refractivity contribution in [3.63, 3.8) is 0 Å². The first kappa shape index (κ1) is 14.1. The number of benzene rings is 1. The summed E-state index contributed by atoms with van der Waals surface area (Å²) in [6.45, 7) is 1.96. The summed E-state index contributed by atoms with van der Waals surface area (Å²) in [6, 6.07) is 7.40. The van der Waals surface area contributed by atoms with Crippen LogP contribution >= 0.6 is 11.3 Å². The van der Waals surface area contributed by atoms with Crippen LogP contribution in [0.2, 0.25) is 0 Å². The van der Waals surface area contributed by atoms with Crippen molar-refractivity contribution in [1.82, 2.24) is 10.2 Å². The SMILES string of the molecule is Cc1ccc(NC(=O)c2nnc(CCC(=O)O)s2)cc1. The molecule has 0 aliphatic rings. The van der Waals surface area contributed by atoms with Crippen molar-refractivity contribution in [2.75, 3.05) is 5.32 Å². The summed E-state index contributed by atoms with van der Waals surface area (Å²) < 4.78 is 0. The maximum absolute atomic E-state index is 11.9. The molecule has 0 spiro atoms. The summed E-state index contributed by atoms with van der Waals surface area (Å²) in [7, 11) is 0. The Hall–Kier alpha value is -2.28. The van der Waals surface area contributed by atoms with Crippen LogP contribution in [0.15, 0.2) is 24.3 Å². The normalized spacial score (nSPS) is 10.2. The van der Waals surface area contributed by atoms with Crippen molar-refractivity contribution in [2.24, 2.45) is 0 Å². The maximum Gasteiger partial charge on any atom is 0.303 e. The number of nitrogens with one attached hydrogen (secondary N) is 1. The van der Waals surface area contributed by atoms with Gasteiger partial charge in [-0.2, -0.15) is 0 Å². The second kappa shape index (κ2) is 6.25. The smallest absolute Gasteiger partial charge is 0.303 e. The lowest BCUT2D eigenvalue weighted by atomic mass is 10.2. The Morgan fingerprint density at radius 2 is 1.95 bits per heavy atom. The summed E-state index contributed by atoms with van der Waals surface area (Å²) in [5.74, 6) is -1.24. The molecule has 1 amide bonds. The Kier molecular flexibility index (Phi) is 4.41. The average Bonchev–Trinajstić information content (AvgIpc) is 2.88. The molecule has 0 saturated heterocycles. The minimum absolute atomic E-state index is 0.0196. The molecule has 2 aromatic rings. The van der Waals surface area contributed by atoms with Crippen LogP contribution in [0.1, 0.15) is 26.8 Å². The molecular formula is C13H13N3O3S. The minimum atomic E-state index is -0.897. The molecule has 2 rings (SSSR count). The molecule has 0 bridgehead atoms. The molecule has 1 aromatic heterocycles. The lowest BCUT2D eigenvalue weighted by Crippen LogP contribution is -2.11. The zero-order chi connectivity index (χ0) is 14.5. The van der Waals surface area contributed by atoms with Gasteiger partial charge in [0.05, 0.1) is 6.42 Å². The Labute approximate surface area is 119 Å². The number of aliphatic carboxylic acids is 1. The monoisotopic (exact) mass is 291 g/mol. The number of hydrogen-bond acceptors (Lipinski definition) is 5. The zero-order valence-corrected chi connectivity index (χ0v) is 11.6. The summed E-state index contributed by atoms with van der Waals surface area (Å²) in [6.07, 6.45) is 0.263. The van der Waals surface area contributed by atoms with Gasteiger partial charge in [0.1, 0.15) is 5.01 Å². The van der Waals surface area contributed by atoms with Gasteiger partial charge < -0.3 is 10.4 Å². The van der Waals surface area contributed by atoms with E-state index in [4.69, 9.17) is 5.11 Å². The largest absolute Gasteiger partial charge is 0.481 e. The van der Waals surface area contributed by atoms with Gasteiger partial charge in [-0.1, -0.05) is 29.0 Å². The molecule has 6 nitrogen and oxygen atoms in total. The summed E-state index contributed by atoms with van der Waals surface area (Å²) in [4.78, 5) is 22.4. The van der Waals surface area contributed by atoms with Crippen LogP contribution in [-0.2, 0) is 11.2 Å². The summed E-state index contributed by atoms with van der Waals surface area (Å²) in [5.41, 5.74) is 1.79. The number of rotatable bonds is 5. The molecule has 0 radical (unpaired) electrons. The molecular weight excluding hydrogens is 278 g/mol. The molecule has 0 fully saturated rings. The van der Waals surface area contributed by atoms with Gasteiger partial charge in [-0.15, -0.1) is 10.2 Å². The number of hydrogen-bond donors (Lipinski definition) is 2. The molecule has 0 unspecified atom stereocenters. The van der Waals surface area contributed by atoms with Crippen molar-refractivity contribution < 1.29 is 14.7 Å². The molecule has 7 heteroatoms. The molecule has 0 saturated carbocycles. The number of aromatic nitrogens is 2. The van der Waals surface area contributed by atoms with Gasteiger partial charge in [-0.25, -0.2) is 0 Å². The topological polar surface area (TPSA) is 92.2 Å². The van der Waals surface area contributed by atoms with Crippen molar-refractivity contribution in [2.45, 2.75) is 19.8 Å². The number of carboxylic acids is 1. The summed E-state index contributed by atoms with van der Waals surface area (Å²) >= 11 is 1.11. The van der Waals surface area contributed by atoms with Crippen molar-refractivity contribution in [1.29, 1.82) is 0 Å². The number of carboxylic acid groups (broad SMARTS) is 1. The van der Waals surface area contributed by atoms with Crippen LogP contribution in [-0.4, -0.2) is 27.2 Å². The maximum atomic E-state index is 11.9. The van der Waals surface area contributed by atoms with E-state index < -0.39 is 5.97 Å². The highest BCUT2D eigenvalue weighted by Gasteiger charge is 2.13.